The molecule has 80 valence electrons. The molecule has 16 heavy (non-hydrogen) atoms. The van der Waals surface area contributed by atoms with Crippen LogP contribution in [0.5, 0.6) is 0 Å². The van der Waals surface area contributed by atoms with E-state index in [1.165, 1.54) is 4.91 Å². The van der Waals surface area contributed by atoms with E-state index in [9.17, 15) is 0 Å². The number of halogens is 1. The maximum atomic E-state index is 4.63. The summed E-state index contributed by atoms with van der Waals surface area (Å²) in [6.07, 6.45) is 0. The van der Waals surface area contributed by atoms with Gasteiger partial charge in [0.25, 0.3) is 0 Å². The molecule has 5 heteroatoms. The van der Waals surface area contributed by atoms with Gasteiger partial charge >= 0.3 is 0 Å². The van der Waals surface area contributed by atoms with Crippen molar-refractivity contribution in [2.24, 2.45) is 0 Å². The van der Waals surface area contributed by atoms with Crippen molar-refractivity contribution in [2.45, 2.75) is 10.1 Å². The Hall–Kier alpha value is -0.520. The molecule has 3 rings (SSSR count). The summed E-state index contributed by atoms with van der Waals surface area (Å²) in [6, 6.07) is 7.99. The number of rotatable bonds is 0. The summed E-state index contributed by atoms with van der Waals surface area (Å²) in [5, 5.41) is 2.06. The third-order valence-corrected chi connectivity index (χ3v) is 5.39. The second-order valence-corrected chi connectivity index (χ2v) is 5.83. The Bertz CT molecular complexity index is 583. The molecule has 1 aliphatic rings. The lowest BCUT2D eigenvalue weighted by Gasteiger charge is -2.15. The monoisotopic (exact) mass is 310 g/mol. The van der Waals surface area contributed by atoms with Crippen molar-refractivity contribution < 1.29 is 0 Å². The molecule has 0 spiro atoms. The van der Waals surface area contributed by atoms with Crippen LogP contribution in [-0.4, -0.2) is 15.7 Å². The minimum Gasteiger partial charge on any atom is -0.237 e. The average molecular weight is 311 g/mol. The molecule has 1 aromatic carbocycles. The second-order valence-electron chi connectivity index (χ2n) is 3.29. The number of para-hydroxylation sites is 2. The number of benzene rings is 1. The molecule has 1 aromatic heterocycles. The van der Waals surface area contributed by atoms with E-state index in [4.69, 9.17) is 0 Å². The largest absolute Gasteiger partial charge is 0.237 e. The highest BCUT2D eigenvalue weighted by Crippen LogP contribution is 2.41. The minimum atomic E-state index is 0.963. The third-order valence-electron chi connectivity index (χ3n) is 2.21. The lowest BCUT2D eigenvalue weighted by Crippen LogP contribution is -1.98. The SMILES string of the molecule is BrC=C1CSc2nc3ccccc3nc2S1. The van der Waals surface area contributed by atoms with Crippen molar-refractivity contribution in [1.82, 2.24) is 9.97 Å². The maximum absolute atomic E-state index is 4.63. The van der Waals surface area contributed by atoms with E-state index in [0.29, 0.717) is 0 Å². The van der Waals surface area contributed by atoms with Crippen LogP contribution in [0.25, 0.3) is 11.0 Å². The minimum absolute atomic E-state index is 0.963. The van der Waals surface area contributed by atoms with E-state index in [-0.39, 0.29) is 0 Å². The van der Waals surface area contributed by atoms with Gasteiger partial charge in [0.15, 0.2) is 0 Å². The highest BCUT2D eigenvalue weighted by Gasteiger charge is 2.17. The zero-order chi connectivity index (χ0) is 11.0. The number of hydrogen-bond donors (Lipinski definition) is 0. The van der Waals surface area contributed by atoms with Gasteiger partial charge in [0.1, 0.15) is 10.1 Å². The van der Waals surface area contributed by atoms with Crippen LogP contribution in [0.15, 0.2) is 44.2 Å². The summed E-state index contributed by atoms with van der Waals surface area (Å²) >= 11 is 6.80. The van der Waals surface area contributed by atoms with Crippen LogP contribution >= 0.6 is 39.5 Å². The molecule has 0 saturated carbocycles. The van der Waals surface area contributed by atoms with Crippen molar-refractivity contribution >= 4 is 50.5 Å². The fourth-order valence-electron chi connectivity index (χ4n) is 1.48. The third kappa shape index (κ3) is 1.87. The Labute approximate surface area is 110 Å². The number of thioether (sulfide) groups is 2. The molecule has 0 aliphatic carbocycles. The molecule has 0 fully saturated rings. The topological polar surface area (TPSA) is 25.8 Å². The number of hydrogen-bond acceptors (Lipinski definition) is 4. The lowest BCUT2D eigenvalue weighted by atomic mass is 10.3. The van der Waals surface area contributed by atoms with Gasteiger partial charge < -0.3 is 0 Å². The normalized spacial score (nSPS) is 17.7. The molecule has 0 saturated heterocycles. The molecule has 0 atom stereocenters. The first-order valence-corrected chi connectivity index (χ1v) is 7.45. The molecule has 0 amide bonds. The van der Waals surface area contributed by atoms with Gasteiger partial charge in [-0.3, -0.25) is 0 Å². The Morgan fingerprint density at radius 1 is 1.12 bits per heavy atom. The first kappa shape index (κ1) is 10.6. The first-order valence-electron chi connectivity index (χ1n) is 4.73. The van der Waals surface area contributed by atoms with Crippen LogP contribution in [0.4, 0.5) is 0 Å². The molecular weight excluding hydrogens is 304 g/mol. The predicted molar refractivity (Wildman–Crippen MR) is 73.1 cm³/mol. The Morgan fingerprint density at radius 3 is 2.50 bits per heavy atom. The summed E-state index contributed by atoms with van der Waals surface area (Å²) in [4.78, 5) is 12.5. The Balaban J connectivity index is 2.17. The Morgan fingerprint density at radius 2 is 1.81 bits per heavy atom. The fourth-order valence-corrected chi connectivity index (χ4v) is 4.11. The first-order chi connectivity index (χ1) is 7.86. The van der Waals surface area contributed by atoms with E-state index in [2.05, 4.69) is 25.9 Å². The number of nitrogens with zero attached hydrogens (tertiary/aromatic N) is 2. The number of fused-ring (bicyclic) bond motifs is 2. The standard InChI is InChI=1S/C11H7BrN2S2/c12-5-7-6-15-10-11(16-7)14-9-4-2-1-3-8(9)13-10/h1-5H,6H2. The molecule has 2 nitrogen and oxygen atoms in total. The van der Waals surface area contributed by atoms with E-state index >= 15 is 0 Å². The lowest BCUT2D eigenvalue weighted by molar-refractivity contribution is 0.968. The van der Waals surface area contributed by atoms with Gasteiger partial charge in [0, 0.05) is 10.7 Å². The van der Waals surface area contributed by atoms with Crippen LogP contribution < -0.4 is 0 Å². The van der Waals surface area contributed by atoms with Gasteiger partial charge in [-0.15, -0.1) is 0 Å². The van der Waals surface area contributed by atoms with Crippen LogP contribution in [0.2, 0.25) is 0 Å². The van der Waals surface area contributed by atoms with Gasteiger partial charge in [0.05, 0.1) is 11.0 Å². The summed E-state index contributed by atoms with van der Waals surface area (Å²) in [7, 11) is 0. The molecular formula is C11H7BrN2S2. The zero-order valence-corrected chi connectivity index (χ0v) is 11.4. The smallest absolute Gasteiger partial charge is 0.134 e. The molecule has 0 unspecified atom stereocenters. The highest BCUT2D eigenvalue weighted by atomic mass is 79.9. The molecule has 2 aromatic rings. The van der Waals surface area contributed by atoms with Gasteiger partial charge in [0.2, 0.25) is 0 Å². The zero-order valence-electron chi connectivity index (χ0n) is 8.18. The summed E-state index contributed by atoms with van der Waals surface area (Å²) < 4.78 is 0. The van der Waals surface area contributed by atoms with Crippen LogP contribution in [0, 0.1) is 0 Å². The number of aromatic nitrogens is 2. The highest BCUT2D eigenvalue weighted by molar-refractivity contribution is 9.11. The quantitative estimate of drug-likeness (QED) is 0.732. The molecule has 2 heterocycles. The van der Waals surface area contributed by atoms with Crippen molar-refractivity contribution in [3.63, 3.8) is 0 Å². The van der Waals surface area contributed by atoms with Gasteiger partial charge in [-0.25, -0.2) is 9.97 Å². The second kappa shape index (κ2) is 4.39. The summed E-state index contributed by atoms with van der Waals surface area (Å²) in [5.74, 6) is 0.968. The van der Waals surface area contributed by atoms with E-state index < -0.39 is 0 Å². The van der Waals surface area contributed by atoms with Crippen molar-refractivity contribution in [3.05, 3.63) is 34.2 Å². The molecule has 0 bridgehead atoms. The van der Waals surface area contributed by atoms with Crippen LogP contribution in [0.3, 0.4) is 0 Å². The molecule has 1 aliphatic heterocycles. The van der Waals surface area contributed by atoms with Crippen molar-refractivity contribution in [2.75, 3.05) is 5.75 Å². The average Bonchev–Trinajstić information content (AvgIpc) is 2.35. The molecule has 0 radical (unpaired) electrons. The van der Waals surface area contributed by atoms with Crippen LogP contribution in [0.1, 0.15) is 0 Å². The van der Waals surface area contributed by atoms with Gasteiger partial charge in [-0.1, -0.05) is 51.6 Å². The van der Waals surface area contributed by atoms with Gasteiger partial charge in [-0.2, -0.15) is 0 Å². The van der Waals surface area contributed by atoms with E-state index in [0.717, 1.165) is 26.8 Å². The maximum Gasteiger partial charge on any atom is 0.134 e. The van der Waals surface area contributed by atoms with Crippen molar-refractivity contribution in [1.29, 1.82) is 0 Å². The molecule has 0 N–H and O–H groups in total. The Kier molecular flexibility index (Phi) is 2.91. The van der Waals surface area contributed by atoms with Gasteiger partial charge in [-0.05, 0) is 17.1 Å². The van der Waals surface area contributed by atoms with Crippen LogP contribution in [-0.2, 0) is 0 Å². The van der Waals surface area contributed by atoms with E-state index in [1.54, 1.807) is 23.5 Å². The predicted octanol–water partition coefficient (Wildman–Crippen LogP) is 4.06. The summed E-state index contributed by atoms with van der Waals surface area (Å²) in [5.41, 5.74) is 1.94. The van der Waals surface area contributed by atoms with Crippen molar-refractivity contribution in [3.8, 4) is 0 Å². The summed E-state index contributed by atoms with van der Waals surface area (Å²) in [6.45, 7) is 0. The van der Waals surface area contributed by atoms with E-state index in [1.807, 2.05) is 29.3 Å². The fraction of sp³-hybridized carbons (Fsp3) is 0.0909.